The second kappa shape index (κ2) is 5.65. The lowest BCUT2D eigenvalue weighted by Gasteiger charge is -2.08. The Hall–Kier alpha value is -1.36. The number of ether oxygens (including phenoxy) is 2. The summed E-state index contributed by atoms with van der Waals surface area (Å²) in [5.74, 6) is 2.01. The first-order chi connectivity index (χ1) is 7.88. The van der Waals surface area contributed by atoms with E-state index in [-0.39, 0.29) is 0 Å². The fourth-order valence-corrected chi connectivity index (χ4v) is 1.71. The van der Waals surface area contributed by atoms with Gasteiger partial charge in [-0.25, -0.2) is 9.97 Å². The summed E-state index contributed by atoms with van der Waals surface area (Å²) in [5, 5.41) is 3.19. The quantitative estimate of drug-likeness (QED) is 0.816. The van der Waals surface area contributed by atoms with Gasteiger partial charge in [0.2, 0.25) is 5.95 Å². The largest absolute Gasteiger partial charge is 0.494 e. The minimum atomic E-state index is 0.653. The smallest absolute Gasteiger partial charge is 0.222 e. The minimum Gasteiger partial charge on any atom is -0.494 e. The average Bonchev–Trinajstić information content (AvgIpc) is 2.83. The predicted molar refractivity (Wildman–Crippen MR) is 60.6 cm³/mol. The van der Waals surface area contributed by atoms with Crippen molar-refractivity contribution < 1.29 is 9.47 Å². The first-order valence-corrected chi connectivity index (χ1v) is 5.56. The van der Waals surface area contributed by atoms with Crippen LogP contribution in [0.4, 0.5) is 5.95 Å². The molecule has 2 rings (SSSR count). The van der Waals surface area contributed by atoms with Gasteiger partial charge in [-0.3, -0.25) is 0 Å². The molecule has 1 N–H and O–H groups in total. The molecule has 1 aromatic rings. The summed E-state index contributed by atoms with van der Waals surface area (Å²) in [7, 11) is 1.60. The molecule has 0 amide bonds. The molecule has 88 valence electrons. The predicted octanol–water partition coefficient (Wildman–Crippen LogP) is 1.32. The average molecular weight is 223 g/mol. The second-order valence-electron chi connectivity index (χ2n) is 3.89. The van der Waals surface area contributed by atoms with Crippen molar-refractivity contribution in [3.63, 3.8) is 0 Å². The third kappa shape index (κ3) is 3.06. The van der Waals surface area contributed by atoms with Crippen LogP contribution in [-0.4, -0.2) is 36.8 Å². The van der Waals surface area contributed by atoms with E-state index in [1.54, 1.807) is 19.5 Å². The summed E-state index contributed by atoms with van der Waals surface area (Å²) in [5.41, 5.74) is 0. The number of nitrogens with one attached hydrogen (secondary N) is 1. The van der Waals surface area contributed by atoms with E-state index < -0.39 is 0 Å². The summed E-state index contributed by atoms with van der Waals surface area (Å²) in [6.07, 6.45) is 5.60. The number of rotatable bonds is 5. The first-order valence-electron chi connectivity index (χ1n) is 5.56. The Morgan fingerprint density at radius 2 is 2.31 bits per heavy atom. The maximum Gasteiger partial charge on any atom is 0.222 e. The van der Waals surface area contributed by atoms with Crippen LogP contribution in [0.3, 0.4) is 0 Å². The molecular formula is C11H17N3O2. The number of hydrogen-bond donors (Lipinski definition) is 1. The lowest BCUT2D eigenvalue weighted by molar-refractivity contribution is 0.185. The SMILES string of the molecule is COc1cnc(NCCC2CCOC2)nc1. The molecule has 1 aliphatic rings. The Bertz CT molecular complexity index is 310. The van der Waals surface area contributed by atoms with E-state index in [4.69, 9.17) is 9.47 Å². The molecule has 1 aromatic heterocycles. The van der Waals surface area contributed by atoms with Crippen molar-refractivity contribution in [2.75, 3.05) is 32.2 Å². The fourth-order valence-electron chi connectivity index (χ4n) is 1.71. The highest BCUT2D eigenvalue weighted by Gasteiger charge is 2.14. The Labute approximate surface area is 95.2 Å². The third-order valence-corrected chi connectivity index (χ3v) is 2.72. The lowest BCUT2D eigenvalue weighted by atomic mass is 10.1. The maximum atomic E-state index is 5.31. The highest BCUT2D eigenvalue weighted by molar-refractivity contribution is 5.26. The first kappa shape index (κ1) is 11.1. The van der Waals surface area contributed by atoms with Crippen LogP contribution < -0.4 is 10.1 Å². The second-order valence-corrected chi connectivity index (χ2v) is 3.89. The standard InChI is InChI=1S/C11H17N3O2/c1-15-10-6-13-11(14-7-10)12-4-2-9-3-5-16-8-9/h6-7,9H,2-5,8H2,1H3,(H,12,13,14). The zero-order valence-electron chi connectivity index (χ0n) is 9.48. The summed E-state index contributed by atoms with van der Waals surface area (Å²) in [6.45, 7) is 2.69. The number of nitrogens with zero attached hydrogens (tertiary/aromatic N) is 2. The van der Waals surface area contributed by atoms with Crippen molar-refractivity contribution in [2.24, 2.45) is 5.92 Å². The topological polar surface area (TPSA) is 56.3 Å². The molecular weight excluding hydrogens is 206 g/mol. The molecule has 1 fully saturated rings. The monoisotopic (exact) mass is 223 g/mol. The van der Waals surface area contributed by atoms with E-state index in [0.717, 1.165) is 26.2 Å². The van der Waals surface area contributed by atoms with Crippen LogP contribution in [0, 0.1) is 5.92 Å². The fraction of sp³-hybridized carbons (Fsp3) is 0.636. The van der Waals surface area contributed by atoms with Crippen LogP contribution in [0.1, 0.15) is 12.8 Å². The summed E-state index contributed by atoms with van der Waals surface area (Å²) in [4.78, 5) is 8.27. The Morgan fingerprint density at radius 1 is 1.50 bits per heavy atom. The van der Waals surface area contributed by atoms with Gasteiger partial charge < -0.3 is 14.8 Å². The van der Waals surface area contributed by atoms with Gasteiger partial charge in [-0.05, 0) is 18.8 Å². The Morgan fingerprint density at radius 3 is 2.94 bits per heavy atom. The van der Waals surface area contributed by atoms with Crippen molar-refractivity contribution in [1.82, 2.24) is 9.97 Å². The third-order valence-electron chi connectivity index (χ3n) is 2.72. The molecule has 0 radical (unpaired) electrons. The zero-order chi connectivity index (χ0) is 11.2. The molecule has 1 atom stereocenters. The summed E-state index contributed by atoms with van der Waals surface area (Å²) < 4.78 is 10.3. The van der Waals surface area contributed by atoms with Gasteiger partial charge in [0.05, 0.1) is 19.5 Å². The highest BCUT2D eigenvalue weighted by atomic mass is 16.5. The van der Waals surface area contributed by atoms with Gasteiger partial charge in [-0.15, -0.1) is 0 Å². The van der Waals surface area contributed by atoms with Crippen LogP contribution in [-0.2, 0) is 4.74 Å². The number of methoxy groups -OCH3 is 1. The van der Waals surface area contributed by atoms with E-state index in [9.17, 15) is 0 Å². The van der Waals surface area contributed by atoms with Gasteiger partial charge in [0.25, 0.3) is 0 Å². The molecule has 5 heteroatoms. The molecule has 0 aromatic carbocycles. The van der Waals surface area contributed by atoms with Crippen LogP contribution >= 0.6 is 0 Å². The summed E-state index contributed by atoms with van der Waals surface area (Å²) >= 11 is 0. The van der Waals surface area contributed by atoms with E-state index in [1.165, 1.54) is 6.42 Å². The van der Waals surface area contributed by atoms with Crippen molar-refractivity contribution in [3.05, 3.63) is 12.4 Å². The number of aromatic nitrogens is 2. The number of hydrogen-bond acceptors (Lipinski definition) is 5. The molecule has 2 heterocycles. The molecule has 1 aliphatic heterocycles. The highest BCUT2D eigenvalue weighted by Crippen LogP contribution is 2.16. The molecule has 0 bridgehead atoms. The van der Waals surface area contributed by atoms with Gasteiger partial charge >= 0.3 is 0 Å². The van der Waals surface area contributed by atoms with Crippen LogP contribution in [0.25, 0.3) is 0 Å². The van der Waals surface area contributed by atoms with Gasteiger partial charge in [-0.1, -0.05) is 0 Å². The van der Waals surface area contributed by atoms with E-state index in [2.05, 4.69) is 15.3 Å². The van der Waals surface area contributed by atoms with Crippen molar-refractivity contribution >= 4 is 5.95 Å². The minimum absolute atomic E-state index is 0.653. The zero-order valence-corrected chi connectivity index (χ0v) is 9.48. The maximum absolute atomic E-state index is 5.31. The van der Waals surface area contributed by atoms with Gasteiger partial charge in [0, 0.05) is 19.8 Å². The Balaban J connectivity index is 1.71. The molecule has 5 nitrogen and oxygen atoms in total. The van der Waals surface area contributed by atoms with Crippen LogP contribution in [0.5, 0.6) is 5.75 Å². The van der Waals surface area contributed by atoms with Gasteiger partial charge in [0.15, 0.2) is 5.75 Å². The van der Waals surface area contributed by atoms with Crippen molar-refractivity contribution in [1.29, 1.82) is 0 Å². The molecule has 0 saturated carbocycles. The van der Waals surface area contributed by atoms with Crippen LogP contribution in [0.2, 0.25) is 0 Å². The van der Waals surface area contributed by atoms with E-state index in [0.29, 0.717) is 17.6 Å². The lowest BCUT2D eigenvalue weighted by Crippen LogP contribution is -2.10. The molecule has 16 heavy (non-hydrogen) atoms. The summed E-state index contributed by atoms with van der Waals surface area (Å²) in [6, 6.07) is 0. The van der Waals surface area contributed by atoms with Crippen molar-refractivity contribution in [3.8, 4) is 5.75 Å². The van der Waals surface area contributed by atoms with Crippen LogP contribution in [0.15, 0.2) is 12.4 Å². The number of anilines is 1. The normalized spacial score (nSPS) is 19.7. The molecule has 0 aliphatic carbocycles. The molecule has 0 spiro atoms. The molecule has 1 saturated heterocycles. The van der Waals surface area contributed by atoms with Gasteiger partial charge in [0.1, 0.15) is 0 Å². The molecule has 1 unspecified atom stereocenters. The Kier molecular flexibility index (Phi) is 3.93. The van der Waals surface area contributed by atoms with Gasteiger partial charge in [-0.2, -0.15) is 0 Å². The van der Waals surface area contributed by atoms with E-state index in [1.807, 2.05) is 0 Å². The van der Waals surface area contributed by atoms with E-state index >= 15 is 0 Å². The van der Waals surface area contributed by atoms with Crippen molar-refractivity contribution in [2.45, 2.75) is 12.8 Å².